The molecular weight excluding hydrogens is 514 g/mol. The molecule has 2 aliphatic heterocycles. The fourth-order valence-electron chi connectivity index (χ4n) is 9.28. The van der Waals surface area contributed by atoms with Gasteiger partial charge in [0.1, 0.15) is 11.7 Å². The number of carbonyl (C=O) groups excluding carboxylic acids is 1. The van der Waals surface area contributed by atoms with Crippen LogP contribution in [-0.4, -0.2) is 70.2 Å². The number of fused-ring (bicyclic) bond motifs is 1. The van der Waals surface area contributed by atoms with Crippen molar-refractivity contribution in [3.63, 3.8) is 0 Å². The van der Waals surface area contributed by atoms with Gasteiger partial charge in [-0.2, -0.15) is 0 Å². The minimum absolute atomic E-state index is 0.0465. The van der Waals surface area contributed by atoms with E-state index in [4.69, 9.17) is 4.74 Å². The van der Waals surface area contributed by atoms with Crippen LogP contribution in [0.15, 0.2) is 54.1 Å². The number of aliphatic hydroxyl groups is 1. The number of phenolic OH excluding ortho intramolecular Hbond substituents is 1. The van der Waals surface area contributed by atoms with Crippen LogP contribution < -0.4 is 4.74 Å². The second-order valence-corrected chi connectivity index (χ2v) is 13.2. The Morgan fingerprint density at radius 1 is 1.12 bits per heavy atom. The third-order valence-electron chi connectivity index (χ3n) is 11.4. The van der Waals surface area contributed by atoms with Gasteiger partial charge in [-0.15, -0.1) is 0 Å². The van der Waals surface area contributed by atoms with Gasteiger partial charge in [0.25, 0.3) is 5.91 Å². The van der Waals surface area contributed by atoms with Gasteiger partial charge in [0, 0.05) is 48.1 Å². The summed E-state index contributed by atoms with van der Waals surface area (Å²) in [6.45, 7) is 1.36. The largest absolute Gasteiger partial charge is 0.504 e. The fourth-order valence-corrected chi connectivity index (χ4v) is 9.28. The smallest absolute Gasteiger partial charge is 0.252 e. The molecule has 7 aliphatic rings. The summed E-state index contributed by atoms with van der Waals surface area (Å²) in [5.41, 5.74) is -0.307. The molecule has 5 aliphatic carbocycles. The van der Waals surface area contributed by atoms with Gasteiger partial charge in [-0.3, -0.25) is 9.69 Å². The molecule has 8 heteroatoms. The molecule has 6 nitrogen and oxygen atoms in total. The minimum Gasteiger partial charge on any atom is -0.504 e. The zero-order valence-electron chi connectivity index (χ0n) is 22.6. The number of carbonyl (C=O) groups is 1. The van der Waals surface area contributed by atoms with Crippen molar-refractivity contribution in [3.8, 4) is 11.5 Å². The molecule has 0 radical (unpaired) electrons. The first-order valence-electron chi connectivity index (χ1n) is 14.4. The molecule has 9 rings (SSSR count). The van der Waals surface area contributed by atoms with Crippen LogP contribution in [0.5, 0.6) is 11.5 Å². The summed E-state index contributed by atoms with van der Waals surface area (Å²) >= 11 is 0. The molecular formula is C32H34F2N2O4. The zero-order chi connectivity index (χ0) is 27.7. The van der Waals surface area contributed by atoms with Gasteiger partial charge in [-0.1, -0.05) is 42.5 Å². The van der Waals surface area contributed by atoms with Gasteiger partial charge in [-0.05, 0) is 62.3 Å². The summed E-state index contributed by atoms with van der Waals surface area (Å²) in [5, 5.41) is 23.3. The highest BCUT2D eigenvalue weighted by Crippen LogP contribution is 2.74. The number of ether oxygens (including phenoxy) is 1. The Morgan fingerprint density at radius 3 is 2.62 bits per heavy atom. The standard InChI is InChI=1S/C32H34F2N2O4/c1-35(17-19-5-3-2-4-6-19)26(38)21-16-30-11-12-32(21,39)27-31(30)13-14-36(18-29(9-10-29)28(33)34)23(30)15-20-7-8-22(37)25(40-27)24(20)31/h2-8,16,23,27-28,37,39H,9-15,17-18H2,1H3/t23-,27-,30-,31+,32-/m1/s1. The van der Waals surface area contributed by atoms with E-state index >= 15 is 0 Å². The summed E-state index contributed by atoms with van der Waals surface area (Å²) in [7, 11) is 1.75. The number of benzene rings is 2. The number of piperidine rings is 1. The summed E-state index contributed by atoms with van der Waals surface area (Å²) in [4.78, 5) is 18.0. The molecule has 1 saturated heterocycles. The Kier molecular flexibility index (Phi) is 4.87. The molecule has 1 amide bonds. The molecule has 4 bridgehead atoms. The molecule has 2 aromatic rings. The van der Waals surface area contributed by atoms with Crippen molar-refractivity contribution in [3.05, 3.63) is 70.8 Å². The third-order valence-corrected chi connectivity index (χ3v) is 11.4. The second-order valence-electron chi connectivity index (χ2n) is 13.2. The maximum absolute atomic E-state index is 14.1. The van der Waals surface area contributed by atoms with Gasteiger partial charge in [0.2, 0.25) is 6.43 Å². The van der Waals surface area contributed by atoms with Crippen molar-refractivity contribution in [1.29, 1.82) is 0 Å². The lowest BCUT2D eigenvalue weighted by atomic mass is 9.38. The monoisotopic (exact) mass is 548 g/mol. The number of halogens is 2. The fraction of sp³-hybridized carbons (Fsp3) is 0.531. The predicted molar refractivity (Wildman–Crippen MR) is 143 cm³/mol. The minimum atomic E-state index is -2.36. The van der Waals surface area contributed by atoms with Crippen molar-refractivity contribution in [2.24, 2.45) is 10.8 Å². The Labute approximate surface area is 232 Å². The van der Waals surface area contributed by atoms with Gasteiger partial charge >= 0.3 is 0 Å². The number of phenols is 1. The lowest BCUT2D eigenvalue weighted by Crippen LogP contribution is -2.78. The van der Waals surface area contributed by atoms with Gasteiger partial charge in [-0.25, -0.2) is 8.78 Å². The Bertz CT molecular complexity index is 1460. The van der Waals surface area contributed by atoms with Crippen LogP contribution in [0.1, 0.15) is 48.8 Å². The lowest BCUT2D eigenvalue weighted by molar-refractivity contribution is -0.190. The highest BCUT2D eigenvalue weighted by Gasteiger charge is 2.79. The highest BCUT2D eigenvalue weighted by molar-refractivity contribution is 5.97. The number of rotatable bonds is 6. The molecule has 2 N–H and O–H groups in total. The third kappa shape index (κ3) is 2.86. The van der Waals surface area contributed by atoms with Crippen LogP contribution in [0.25, 0.3) is 0 Å². The number of nitrogens with zero attached hydrogens (tertiary/aromatic N) is 2. The first kappa shape index (κ1) is 24.8. The number of amides is 1. The average molecular weight is 549 g/mol. The van der Waals surface area contributed by atoms with Gasteiger partial charge < -0.3 is 19.8 Å². The SMILES string of the molecule is CN(Cc1ccccc1)C(=O)C1=C[C@@]23CC[C@]1(O)[C@@H]1Oc4c(O)ccc5c4[C@@]12CCN(CC1(C(F)F)CC1)[C@@H]3C5. The van der Waals surface area contributed by atoms with Crippen LogP contribution in [0.4, 0.5) is 8.78 Å². The Morgan fingerprint density at radius 2 is 1.90 bits per heavy atom. The summed E-state index contributed by atoms with van der Waals surface area (Å²) in [5.74, 6) is 0.223. The Hall–Kier alpha value is -2.97. The van der Waals surface area contributed by atoms with Crippen LogP contribution in [0.2, 0.25) is 0 Å². The number of likely N-dealkylation sites (N-methyl/N-ethyl adjacent to an activating group) is 1. The maximum Gasteiger partial charge on any atom is 0.252 e. The van der Waals surface area contributed by atoms with E-state index in [9.17, 15) is 23.8 Å². The van der Waals surface area contributed by atoms with E-state index in [1.54, 1.807) is 18.0 Å². The molecule has 3 fully saturated rings. The number of likely N-dealkylation sites (tertiary alicyclic amines) is 1. The summed E-state index contributed by atoms with van der Waals surface area (Å²) < 4.78 is 34.8. The van der Waals surface area contributed by atoms with E-state index < -0.39 is 34.4 Å². The first-order valence-corrected chi connectivity index (χ1v) is 14.4. The highest BCUT2D eigenvalue weighted by atomic mass is 19.3. The Balaban J connectivity index is 1.27. The molecule has 2 aromatic carbocycles. The van der Waals surface area contributed by atoms with Crippen molar-refractivity contribution in [2.45, 2.75) is 74.7 Å². The average Bonchev–Trinajstić information content (AvgIpc) is 3.64. The van der Waals surface area contributed by atoms with E-state index in [-0.39, 0.29) is 17.7 Å². The van der Waals surface area contributed by atoms with Crippen LogP contribution in [0.3, 0.4) is 0 Å². The first-order chi connectivity index (χ1) is 19.2. The molecule has 2 saturated carbocycles. The normalized spacial score (nSPS) is 35.7. The van der Waals surface area contributed by atoms with Crippen LogP contribution >= 0.6 is 0 Å². The van der Waals surface area contributed by atoms with Crippen LogP contribution in [-0.2, 0) is 23.2 Å². The van der Waals surface area contributed by atoms with E-state index in [0.29, 0.717) is 69.5 Å². The molecule has 0 aromatic heterocycles. The summed E-state index contributed by atoms with van der Waals surface area (Å²) in [6.07, 6.45) is 2.27. The van der Waals surface area contributed by atoms with Crippen molar-refractivity contribution in [1.82, 2.24) is 9.80 Å². The van der Waals surface area contributed by atoms with Crippen molar-refractivity contribution in [2.75, 3.05) is 20.1 Å². The topological polar surface area (TPSA) is 73.2 Å². The van der Waals surface area contributed by atoms with E-state index in [2.05, 4.69) is 4.90 Å². The van der Waals surface area contributed by atoms with E-state index in [0.717, 1.165) is 16.7 Å². The number of hydrogen-bond donors (Lipinski definition) is 2. The predicted octanol–water partition coefficient (Wildman–Crippen LogP) is 4.18. The van der Waals surface area contributed by atoms with E-state index in [1.807, 2.05) is 42.5 Å². The molecule has 0 unspecified atom stereocenters. The number of alkyl halides is 2. The van der Waals surface area contributed by atoms with Crippen LogP contribution in [0, 0.1) is 10.8 Å². The summed E-state index contributed by atoms with van der Waals surface area (Å²) in [6, 6.07) is 13.2. The quantitative estimate of drug-likeness (QED) is 0.567. The molecule has 5 atom stereocenters. The van der Waals surface area contributed by atoms with Gasteiger partial charge in [0.15, 0.2) is 11.5 Å². The molecule has 40 heavy (non-hydrogen) atoms. The number of hydrogen-bond acceptors (Lipinski definition) is 5. The molecule has 210 valence electrons. The zero-order valence-corrected chi connectivity index (χ0v) is 22.6. The van der Waals surface area contributed by atoms with Crippen molar-refractivity contribution >= 4 is 5.91 Å². The maximum atomic E-state index is 14.1. The second kappa shape index (κ2) is 7.85. The van der Waals surface area contributed by atoms with Gasteiger partial charge in [0.05, 0.1) is 5.41 Å². The number of aromatic hydroxyl groups is 1. The lowest BCUT2D eigenvalue weighted by Gasteiger charge is -2.70. The molecule has 2 spiro atoms. The molecule has 2 heterocycles. The van der Waals surface area contributed by atoms with Crippen molar-refractivity contribution < 1.29 is 28.5 Å². The van der Waals surface area contributed by atoms with E-state index in [1.165, 1.54) is 0 Å².